The molecule has 0 spiro atoms. The molecule has 1 saturated heterocycles. The van der Waals surface area contributed by atoms with E-state index in [0.29, 0.717) is 42.1 Å². The van der Waals surface area contributed by atoms with Crippen LogP contribution in [0.4, 0.5) is 13.2 Å². The van der Waals surface area contributed by atoms with Gasteiger partial charge in [0, 0.05) is 36.2 Å². The number of hydrogen-bond acceptors (Lipinski definition) is 6. The Morgan fingerprint density at radius 2 is 1.76 bits per heavy atom. The van der Waals surface area contributed by atoms with Gasteiger partial charge < -0.3 is 9.30 Å². The van der Waals surface area contributed by atoms with Gasteiger partial charge in [0.1, 0.15) is 11.3 Å². The Hall–Kier alpha value is -2.88. The third-order valence-corrected chi connectivity index (χ3v) is 8.63. The first-order valence-corrected chi connectivity index (χ1v) is 12.9. The fourth-order valence-corrected chi connectivity index (χ4v) is 6.40. The van der Waals surface area contributed by atoms with Crippen LogP contribution in [-0.2, 0) is 10.2 Å². The number of halogens is 3. The zero-order valence-electron chi connectivity index (χ0n) is 21.4. The molecule has 0 amide bonds. The van der Waals surface area contributed by atoms with E-state index in [0.717, 1.165) is 17.0 Å². The molecule has 0 radical (unpaired) electrons. The predicted molar refractivity (Wildman–Crippen MR) is 130 cm³/mol. The minimum Gasteiger partial charge on any atom is -0.373 e. The van der Waals surface area contributed by atoms with Gasteiger partial charge in [-0.2, -0.15) is 13.2 Å². The molecule has 4 aliphatic rings. The third kappa shape index (κ3) is 3.70. The summed E-state index contributed by atoms with van der Waals surface area (Å²) >= 11 is 0. The molecule has 4 fully saturated rings. The molecule has 0 aromatic carbocycles. The van der Waals surface area contributed by atoms with E-state index in [1.165, 1.54) is 0 Å². The van der Waals surface area contributed by atoms with Crippen molar-refractivity contribution in [2.45, 2.75) is 89.5 Å². The van der Waals surface area contributed by atoms with Gasteiger partial charge in [0.05, 0.1) is 28.6 Å². The molecule has 3 aromatic rings. The van der Waals surface area contributed by atoms with Crippen molar-refractivity contribution in [2.24, 2.45) is 5.41 Å². The maximum absolute atomic E-state index is 13.6. The van der Waals surface area contributed by atoms with Crippen molar-refractivity contribution in [3.8, 4) is 0 Å². The van der Waals surface area contributed by atoms with Crippen molar-refractivity contribution < 1.29 is 17.9 Å². The van der Waals surface area contributed by atoms with Gasteiger partial charge in [-0.05, 0) is 71.4 Å². The Labute approximate surface area is 212 Å². The van der Waals surface area contributed by atoms with Crippen LogP contribution < -0.4 is 5.56 Å². The number of alkyl halides is 3. The highest BCUT2D eigenvalue weighted by Gasteiger charge is 2.79. The monoisotopic (exact) mass is 513 g/mol. The van der Waals surface area contributed by atoms with E-state index in [1.54, 1.807) is 16.7 Å². The van der Waals surface area contributed by atoms with E-state index < -0.39 is 17.0 Å². The highest BCUT2D eigenvalue weighted by Crippen LogP contribution is 2.78. The van der Waals surface area contributed by atoms with Crippen molar-refractivity contribution in [3.63, 3.8) is 0 Å². The van der Waals surface area contributed by atoms with Crippen molar-refractivity contribution in [1.29, 1.82) is 0 Å². The molecule has 1 aliphatic heterocycles. The van der Waals surface area contributed by atoms with E-state index in [-0.39, 0.29) is 42.9 Å². The third-order valence-electron chi connectivity index (χ3n) is 8.63. The summed E-state index contributed by atoms with van der Waals surface area (Å²) in [6.45, 7) is 8.11. The number of nitrogens with zero attached hydrogens (tertiary/aromatic N) is 5. The van der Waals surface area contributed by atoms with Crippen LogP contribution in [0.2, 0.25) is 0 Å². The zero-order chi connectivity index (χ0) is 26.3. The molecule has 0 N–H and O–H groups in total. The SMILES string of the molecule is Cc1nc2nc([C@@H]3CCO[C@H](c4ccc(=O)n(C(C)C)c4)C3)nc(C34CC(C(F)(F)F)(C3)C4)c2nc1C. The molecule has 10 heteroatoms. The molecule has 3 saturated carbocycles. The lowest BCUT2D eigenvalue weighted by atomic mass is 9.34. The van der Waals surface area contributed by atoms with Gasteiger partial charge in [0.25, 0.3) is 5.56 Å². The van der Waals surface area contributed by atoms with Gasteiger partial charge in [-0.1, -0.05) is 0 Å². The van der Waals surface area contributed by atoms with Gasteiger partial charge in [0.15, 0.2) is 5.65 Å². The first kappa shape index (κ1) is 24.5. The second-order valence-corrected chi connectivity index (χ2v) is 11.5. The smallest absolute Gasteiger partial charge is 0.373 e. The Kier molecular flexibility index (Phi) is 5.33. The van der Waals surface area contributed by atoms with Gasteiger partial charge in [0.2, 0.25) is 0 Å². The van der Waals surface area contributed by atoms with Crippen LogP contribution in [0.25, 0.3) is 11.2 Å². The number of fused-ring (bicyclic) bond motifs is 1. The van der Waals surface area contributed by atoms with E-state index in [4.69, 9.17) is 19.7 Å². The number of aryl methyl sites for hydroxylation is 2. The zero-order valence-corrected chi connectivity index (χ0v) is 21.4. The standard InChI is InChI=1S/C27H30F3N5O2/c1-14(2)35-10-18(5-6-20(35)36)19-9-17(7-8-37-19)23-33-22(21-24(34-23)32-16(4)15(3)31-21)25-11-26(12-25,13-25)27(28,29)30/h5-6,10,14,17,19H,7-9,11-13H2,1-4H3/t17-,19+,25?,26?/m1/s1. The van der Waals surface area contributed by atoms with Crippen LogP contribution in [0, 0.1) is 19.3 Å². The number of aromatic nitrogens is 5. The van der Waals surface area contributed by atoms with E-state index in [1.807, 2.05) is 33.9 Å². The fraction of sp³-hybridized carbons (Fsp3) is 0.593. The molecular formula is C27H30F3N5O2. The molecule has 196 valence electrons. The predicted octanol–water partition coefficient (Wildman–Crippen LogP) is 5.40. The second kappa shape index (κ2) is 8.06. The minimum atomic E-state index is -4.20. The van der Waals surface area contributed by atoms with Crippen molar-refractivity contribution in [3.05, 3.63) is 57.2 Å². The molecule has 7 nitrogen and oxygen atoms in total. The van der Waals surface area contributed by atoms with Gasteiger partial charge >= 0.3 is 6.18 Å². The maximum atomic E-state index is 13.6. The summed E-state index contributed by atoms with van der Waals surface area (Å²) in [6.07, 6.45) is -1.12. The highest BCUT2D eigenvalue weighted by molar-refractivity contribution is 5.75. The quantitative estimate of drug-likeness (QED) is 0.465. The number of pyridine rings is 1. The van der Waals surface area contributed by atoms with Crippen LogP contribution >= 0.6 is 0 Å². The lowest BCUT2D eigenvalue weighted by Gasteiger charge is -2.70. The highest BCUT2D eigenvalue weighted by atomic mass is 19.4. The van der Waals surface area contributed by atoms with Gasteiger partial charge in [-0.15, -0.1) is 0 Å². The van der Waals surface area contributed by atoms with E-state index >= 15 is 0 Å². The normalized spacial score (nSPS) is 29.3. The summed E-state index contributed by atoms with van der Waals surface area (Å²) in [6, 6.07) is 3.39. The molecule has 3 aromatic heterocycles. The molecule has 7 rings (SSSR count). The molecule has 2 atom stereocenters. The lowest BCUT2D eigenvalue weighted by molar-refractivity contribution is -0.337. The van der Waals surface area contributed by atoms with Crippen LogP contribution in [0.5, 0.6) is 0 Å². The average molecular weight is 514 g/mol. The number of rotatable bonds is 4. The average Bonchev–Trinajstić information content (AvgIpc) is 2.77. The van der Waals surface area contributed by atoms with Crippen molar-refractivity contribution in [2.75, 3.05) is 6.61 Å². The van der Waals surface area contributed by atoms with Crippen molar-refractivity contribution in [1.82, 2.24) is 24.5 Å². The largest absolute Gasteiger partial charge is 0.394 e. The molecule has 2 bridgehead atoms. The van der Waals surface area contributed by atoms with E-state index in [9.17, 15) is 18.0 Å². The van der Waals surface area contributed by atoms with Crippen LogP contribution in [0.3, 0.4) is 0 Å². The van der Waals surface area contributed by atoms with Crippen LogP contribution in [0.15, 0.2) is 23.1 Å². The summed E-state index contributed by atoms with van der Waals surface area (Å²) < 4.78 is 48.6. The first-order valence-electron chi connectivity index (χ1n) is 12.9. The van der Waals surface area contributed by atoms with Gasteiger partial charge in [-0.3, -0.25) is 4.79 Å². The molecule has 3 aliphatic carbocycles. The molecule has 0 unspecified atom stereocenters. The Morgan fingerprint density at radius 1 is 1.05 bits per heavy atom. The molecule has 4 heterocycles. The fourth-order valence-electron chi connectivity index (χ4n) is 6.40. The minimum absolute atomic E-state index is 0.0246. The lowest BCUT2D eigenvalue weighted by Crippen LogP contribution is -2.70. The van der Waals surface area contributed by atoms with E-state index in [2.05, 4.69) is 4.98 Å². The van der Waals surface area contributed by atoms with Crippen LogP contribution in [0.1, 0.15) is 92.5 Å². The Morgan fingerprint density at radius 3 is 2.43 bits per heavy atom. The number of ether oxygens (including phenoxy) is 1. The summed E-state index contributed by atoms with van der Waals surface area (Å²) in [5, 5.41) is 0. The Balaban J connectivity index is 1.37. The van der Waals surface area contributed by atoms with Gasteiger partial charge in [-0.25, -0.2) is 19.9 Å². The summed E-state index contributed by atoms with van der Waals surface area (Å²) in [5.74, 6) is 0.546. The van der Waals surface area contributed by atoms with Crippen LogP contribution in [-0.4, -0.2) is 37.3 Å². The summed E-state index contributed by atoms with van der Waals surface area (Å²) in [7, 11) is 0. The number of hydrogen-bond donors (Lipinski definition) is 0. The van der Waals surface area contributed by atoms with Crippen molar-refractivity contribution >= 4 is 11.2 Å². The Bertz CT molecular complexity index is 1450. The molecular weight excluding hydrogens is 483 g/mol. The topological polar surface area (TPSA) is 82.8 Å². The molecule has 37 heavy (non-hydrogen) atoms. The maximum Gasteiger partial charge on any atom is 0.394 e. The second-order valence-electron chi connectivity index (χ2n) is 11.5. The first-order chi connectivity index (χ1) is 17.4. The summed E-state index contributed by atoms with van der Waals surface area (Å²) in [5.41, 5.74) is 1.72. The summed E-state index contributed by atoms with van der Waals surface area (Å²) in [4.78, 5) is 31.3.